The third-order valence-electron chi connectivity index (χ3n) is 4.26. The summed E-state index contributed by atoms with van der Waals surface area (Å²) in [4.78, 5) is 27.1. The molecule has 24 heavy (non-hydrogen) atoms. The number of nitrogens with one attached hydrogen (secondary N) is 2. The van der Waals surface area contributed by atoms with E-state index in [1.807, 2.05) is 11.9 Å². The lowest BCUT2D eigenvalue weighted by Gasteiger charge is -2.30. The molecule has 0 saturated carbocycles. The highest BCUT2D eigenvalue weighted by atomic mass is 35.5. The average molecular weight is 373 g/mol. The third kappa shape index (κ3) is 5.65. The summed E-state index contributed by atoms with van der Waals surface area (Å²) in [5, 5.41) is 3.61. The largest absolute Gasteiger partial charge is 0.338 e. The standard InChI is InChI=1S/C17H23Cl2N3O2/c1-12-5-7-22(8-6-12)17(24)11-21(2)10-16(23)20-13-3-4-14(18)15(19)9-13/h3-4,9,12H,5-8,10-11H2,1-2H3,(H,20,23)/p+1. The van der Waals surface area contributed by atoms with Gasteiger partial charge in [-0.3, -0.25) is 9.59 Å². The van der Waals surface area contributed by atoms with Gasteiger partial charge in [0.05, 0.1) is 17.1 Å². The first-order chi connectivity index (χ1) is 11.3. The minimum Gasteiger partial charge on any atom is -0.338 e. The fourth-order valence-corrected chi connectivity index (χ4v) is 3.04. The fraction of sp³-hybridized carbons (Fsp3) is 0.529. The maximum atomic E-state index is 12.3. The normalized spacial score (nSPS) is 16.8. The third-order valence-corrected chi connectivity index (χ3v) is 4.99. The maximum Gasteiger partial charge on any atom is 0.279 e. The zero-order valence-electron chi connectivity index (χ0n) is 14.1. The van der Waals surface area contributed by atoms with E-state index < -0.39 is 0 Å². The van der Waals surface area contributed by atoms with Crippen LogP contribution in [0.4, 0.5) is 5.69 Å². The van der Waals surface area contributed by atoms with E-state index in [9.17, 15) is 9.59 Å². The number of nitrogens with zero attached hydrogens (tertiary/aromatic N) is 1. The van der Waals surface area contributed by atoms with Crippen LogP contribution in [0.3, 0.4) is 0 Å². The van der Waals surface area contributed by atoms with Crippen molar-refractivity contribution in [1.82, 2.24) is 4.90 Å². The van der Waals surface area contributed by atoms with Crippen LogP contribution >= 0.6 is 23.2 Å². The molecule has 0 aliphatic carbocycles. The van der Waals surface area contributed by atoms with Crippen molar-refractivity contribution in [1.29, 1.82) is 0 Å². The molecule has 2 amide bonds. The lowest BCUT2D eigenvalue weighted by atomic mass is 9.99. The van der Waals surface area contributed by atoms with E-state index in [4.69, 9.17) is 23.2 Å². The molecule has 1 atom stereocenters. The predicted octanol–water partition coefficient (Wildman–Crippen LogP) is 1.71. The van der Waals surface area contributed by atoms with Gasteiger partial charge in [-0.05, 0) is 37.0 Å². The van der Waals surface area contributed by atoms with Crippen molar-refractivity contribution in [2.75, 3.05) is 38.5 Å². The zero-order chi connectivity index (χ0) is 17.7. The molecule has 1 saturated heterocycles. The van der Waals surface area contributed by atoms with Gasteiger partial charge in [-0.25, -0.2) is 0 Å². The molecule has 0 spiro atoms. The number of carbonyl (C=O) groups excluding carboxylic acids is 2. The van der Waals surface area contributed by atoms with Crippen LogP contribution in [-0.4, -0.2) is 49.9 Å². The van der Waals surface area contributed by atoms with E-state index in [1.165, 1.54) is 0 Å². The molecule has 0 aromatic heterocycles. The summed E-state index contributed by atoms with van der Waals surface area (Å²) in [6.07, 6.45) is 2.12. The molecule has 132 valence electrons. The zero-order valence-corrected chi connectivity index (χ0v) is 15.6. The number of amides is 2. The van der Waals surface area contributed by atoms with Crippen molar-refractivity contribution < 1.29 is 14.5 Å². The number of carbonyl (C=O) groups is 2. The second-order valence-corrected chi connectivity index (χ2v) is 7.37. The Balaban J connectivity index is 1.78. The van der Waals surface area contributed by atoms with Gasteiger partial charge in [0.1, 0.15) is 0 Å². The van der Waals surface area contributed by atoms with Crippen molar-refractivity contribution >= 4 is 40.7 Å². The predicted molar refractivity (Wildman–Crippen MR) is 96.7 cm³/mol. The first-order valence-corrected chi connectivity index (χ1v) is 8.94. The number of quaternary nitrogens is 1. The minimum atomic E-state index is -0.161. The van der Waals surface area contributed by atoms with E-state index in [-0.39, 0.29) is 18.4 Å². The smallest absolute Gasteiger partial charge is 0.279 e. The number of benzene rings is 1. The molecule has 2 N–H and O–H groups in total. The molecule has 5 nitrogen and oxygen atoms in total. The van der Waals surface area contributed by atoms with Crippen molar-refractivity contribution in [2.24, 2.45) is 5.92 Å². The van der Waals surface area contributed by atoms with Crippen molar-refractivity contribution in [2.45, 2.75) is 19.8 Å². The number of piperidine rings is 1. The van der Waals surface area contributed by atoms with E-state index in [2.05, 4.69) is 12.2 Å². The van der Waals surface area contributed by atoms with Crippen LogP contribution in [0.2, 0.25) is 10.0 Å². The van der Waals surface area contributed by atoms with Crippen LogP contribution in [-0.2, 0) is 9.59 Å². The lowest BCUT2D eigenvalue weighted by molar-refractivity contribution is -0.862. The van der Waals surface area contributed by atoms with Gasteiger partial charge in [0.25, 0.3) is 11.8 Å². The topological polar surface area (TPSA) is 53.9 Å². The van der Waals surface area contributed by atoms with E-state index >= 15 is 0 Å². The monoisotopic (exact) mass is 372 g/mol. The molecule has 1 aliphatic heterocycles. The number of anilines is 1. The van der Waals surface area contributed by atoms with Gasteiger partial charge in [-0.15, -0.1) is 0 Å². The van der Waals surface area contributed by atoms with Gasteiger partial charge in [0, 0.05) is 18.8 Å². The average Bonchev–Trinajstić information content (AvgIpc) is 2.51. The van der Waals surface area contributed by atoms with E-state index in [1.54, 1.807) is 18.2 Å². The Morgan fingerprint density at radius 2 is 1.88 bits per heavy atom. The molecule has 1 aromatic rings. The second kappa shape index (κ2) is 8.70. The van der Waals surface area contributed by atoms with Gasteiger partial charge in [0.15, 0.2) is 13.1 Å². The Hall–Kier alpha value is -1.30. The van der Waals surface area contributed by atoms with Gasteiger partial charge >= 0.3 is 0 Å². The molecule has 0 radical (unpaired) electrons. The molecule has 1 aliphatic rings. The Labute approximate surface area is 152 Å². The number of likely N-dealkylation sites (N-methyl/N-ethyl adjacent to an activating group) is 1. The van der Waals surface area contributed by atoms with E-state index in [0.717, 1.165) is 30.8 Å². The van der Waals surface area contributed by atoms with Crippen molar-refractivity contribution in [3.05, 3.63) is 28.2 Å². The van der Waals surface area contributed by atoms with Gasteiger partial charge in [-0.2, -0.15) is 0 Å². The van der Waals surface area contributed by atoms with Crippen molar-refractivity contribution in [3.8, 4) is 0 Å². The van der Waals surface area contributed by atoms with E-state index in [0.29, 0.717) is 28.2 Å². The number of rotatable bonds is 5. The summed E-state index contributed by atoms with van der Waals surface area (Å²) in [5.41, 5.74) is 0.596. The maximum absolute atomic E-state index is 12.3. The summed E-state index contributed by atoms with van der Waals surface area (Å²) < 4.78 is 0. The summed E-state index contributed by atoms with van der Waals surface area (Å²) in [6, 6.07) is 4.94. The highest BCUT2D eigenvalue weighted by Gasteiger charge is 2.23. The highest BCUT2D eigenvalue weighted by Crippen LogP contribution is 2.24. The number of hydrogen-bond acceptors (Lipinski definition) is 2. The van der Waals surface area contributed by atoms with Crippen LogP contribution in [0.15, 0.2) is 18.2 Å². The summed E-state index contributed by atoms with van der Waals surface area (Å²) in [6.45, 7) is 4.40. The second-order valence-electron chi connectivity index (χ2n) is 6.55. The molecular formula is C17H24Cl2N3O2+. The number of hydrogen-bond donors (Lipinski definition) is 2. The Morgan fingerprint density at radius 3 is 2.50 bits per heavy atom. The van der Waals surface area contributed by atoms with Crippen molar-refractivity contribution in [3.63, 3.8) is 0 Å². The highest BCUT2D eigenvalue weighted by molar-refractivity contribution is 6.42. The molecule has 1 aromatic carbocycles. The van der Waals surface area contributed by atoms with Gasteiger partial charge in [-0.1, -0.05) is 30.1 Å². The molecule has 2 rings (SSSR count). The molecule has 1 fully saturated rings. The minimum absolute atomic E-state index is 0.113. The molecule has 1 unspecified atom stereocenters. The Morgan fingerprint density at radius 1 is 1.21 bits per heavy atom. The van der Waals surface area contributed by atoms with Gasteiger partial charge in [0.2, 0.25) is 0 Å². The molecular weight excluding hydrogens is 349 g/mol. The summed E-state index contributed by atoms with van der Waals surface area (Å²) >= 11 is 11.8. The lowest BCUT2D eigenvalue weighted by Crippen LogP contribution is -3.11. The first kappa shape index (κ1) is 19.0. The van der Waals surface area contributed by atoms with Crippen LogP contribution in [0, 0.1) is 5.92 Å². The molecule has 1 heterocycles. The quantitative estimate of drug-likeness (QED) is 0.826. The van der Waals surface area contributed by atoms with Crippen LogP contribution in [0.1, 0.15) is 19.8 Å². The fourth-order valence-electron chi connectivity index (χ4n) is 2.74. The Kier molecular flexibility index (Phi) is 6.90. The summed E-state index contributed by atoms with van der Waals surface area (Å²) in [7, 11) is 1.85. The van der Waals surface area contributed by atoms with Gasteiger partial charge < -0.3 is 15.1 Å². The molecule has 7 heteroatoms. The number of likely N-dealkylation sites (tertiary alicyclic amines) is 1. The SMILES string of the molecule is CC1CCN(C(=O)C[NH+](C)CC(=O)Nc2ccc(Cl)c(Cl)c2)CC1. The number of halogens is 2. The Bertz CT molecular complexity index is 601. The van der Waals surface area contributed by atoms with Crippen LogP contribution in [0.25, 0.3) is 0 Å². The molecule has 0 bridgehead atoms. The first-order valence-electron chi connectivity index (χ1n) is 8.19. The van der Waals surface area contributed by atoms with Crippen LogP contribution in [0.5, 0.6) is 0 Å². The van der Waals surface area contributed by atoms with Crippen LogP contribution < -0.4 is 10.2 Å². The summed E-state index contributed by atoms with van der Waals surface area (Å²) in [5.74, 6) is 0.642.